The quantitative estimate of drug-likeness (QED) is 0.332. The number of benzene rings is 1. The van der Waals surface area contributed by atoms with E-state index in [1.807, 2.05) is 0 Å². The first-order valence-corrected chi connectivity index (χ1v) is 10.3. The number of hydrogen-bond donors (Lipinski definition) is 2. The third kappa shape index (κ3) is 6.47. The molecule has 9 nitrogen and oxygen atoms in total. The van der Waals surface area contributed by atoms with E-state index in [-0.39, 0.29) is 18.0 Å². The van der Waals surface area contributed by atoms with Crippen LogP contribution >= 0.6 is 0 Å². The number of morpholine rings is 1. The highest BCUT2D eigenvalue weighted by Crippen LogP contribution is 2.20. The molecule has 0 aliphatic carbocycles. The molecule has 1 aliphatic heterocycles. The summed E-state index contributed by atoms with van der Waals surface area (Å²) in [4.78, 5) is 13.7. The molecule has 1 fully saturated rings. The van der Waals surface area contributed by atoms with Crippen molar-refractivity contribution in [3.63, 3.8) is 0 Å². The van der Waals surface area contributed by atoms with Crippen LogP contribution in [0.25, 0.3) is 0 Å². The van der Waals surface area contributed by atoms with Gasteiger partial charge < -0.3 is 9.47 Å². The molecule has 0 radical (unpaired) electrons. The Hall–Kier alpha value is -2.16. The molecule has 0 unspecified atom stereocenters. The Kier molecular flexibility index (Phi) is 8.69. The first kappa shape index (κ1) is 22.1. The van der Waals surface area contributed by atoms with Crippen molar-refractivity contribution in [1.29, 1.82) is 0 Å². The second-order valence-corrected chi connectivity index (χ2v) is 7.95. The van der Waals surface area contributed by atoms with Crippen LogP contribution in [0, 0.1) is 11.8 Å². The summed E-state index contributed by atoms with van der Waals surface area (Å²) >= 11 is 0. The number of nitrogens with zero attached hydrogens (tertiary/aromatic N) is 2. The topological polar surface area (TPSA) is 108 Å². The highest BCUT2D eigenvalue weighted by atomic mass is 32.2. The van der Waals surface area contributed by atoms with Gasteiger partial charge >= 0.3 is 0 Å². The summed E-state index contributed by atoms with van der Waals surface area (Å²) in [5.41, 5.74) is 1.48. The predicted molar refractivity (Wildman–Crippen MR) is 101 cm³/mol. The van der Waals surface area contributed by atoms with Crippen LogP contribution in [0.4, 0.5) is 0 Å². The van der Waals surface area contributed by atoms with E-state index in [4.69, 9.17) is 14.7 Å². The van der Waals surface area contributed by atoms with Crippen molar-refractivity contribution in [3.8, 4) is 17.6 Å². The Morgan fingerprint density at radius 1 is 1.32 bits per heavy atom. The van der Waals surface area contributed by atoms with Crippen LogP contribution in [0.15, 0.2) is 29.2 Å². The molecule has 0 saturated carbocycles. The molecule has 1 aliphatic rings. The lowest BCUT2D eigenvalue weighted by Crippen LogP contribution is -2.46. The van der Waals surface area contributed by atoms with Crippen LogP contribution < -0.4 is 10.2 Å². The van der Waals surface area contributed by atoms with E-state index in [1.54, 1.807) is 6.92 Å². The molecule has 154 valence electrons. The van der Waals surface area contributed by atoms with E-state index in [1.165, 1.54) is 29.7 Å². The molecule has 1 heterocycles. The molecule has 1 aromatic carbocycles. The molecule has 0 spiro atoms. The minimum atomic E-state index is -3.93. The number of rotatable bonds is 9. The maximum absolute atomic E-state index is 13.0. The maximum Gasteiger partial charge on any atom is 0.258 e. The summed E-state index contributed by atoms with van der Waals surface area (Å²) in [5, 5.41) is 8.80. The van der Waals surface area contributed by atoms with E-state index in [9.17, 15) is 13.2 Å². The summed E-state index contributed by atoms with van der Waals surface area (Å²) < 4.78 is 37.7. The molecule has 28 heavy (non-hydrogen) atoms. The molecule has 1 saturated heterocycles. The summed E-state index contributed by atoms with van der Waals surface area (Å²) in [7, 11) is -3.93. The van der Waals surface area contributed by atoms with E-state index >= 15 is 0 Å². The van der Waals surface area contributed by atoms with Gasteiger partial charge in [0.1, 0.15) is 12.4 Å². The molecule has 2 N–H and O–H groups in total. The van der Waals surface area contributed by atoms with Gasteiger partial charge in [0, 0.05) is 26.2 Å². The van der Waals surface area contributed by atoms with Gasteiger partial charge in [0.25, 0.3) is 5.91 Å². The van der Waals surface area contributed by atoms with Gasteiger partial charge in [-0.15, -0.1) is 5.92 Å². The zero-order chi connectivity index (χ0) is 20.4. The fourth-order valence-electron chi connectivity index (χ4n) is 2.61. The van der Waals surface area contributed by atoms with Crippen LogP contribution in [0.2, 0.25) is 0 Å². The number of sulfonamides is 1. The number of ether oxygens (including phenoxy) is 2. The van der Waals surface area contributed by atoms with Crippen molar-refractivity contribution in [3.05, 3.63) is 24.3 Å². The highest BCUT2D eigenvalue weighted by Gasteiger charge is 2.27. The maximum atomic E-state index is 13.0. The van der Waals surface area contributed by atoms with E-state index < -0.39 is 22.5 Å². The van der Waals surface area contributed by atoms with Crippen molar-refractivity contribution < 1.29 is 27.9 Å². The molecule has 10 heteroatoms. The van der Waals surface area contributed by atoms with Crippen LogP contribution in [0.5, 0.6) is 5.75 Å². The van der Waals surface area contributed by atoms with Gasteiger partial charge in [-0.3, -0.25) is 14.9 Å². The van der Waals surface area contributed by atoms with Crippen molar-refractivity contribution in [2.45, 2.75) is 11.8 Å². The number of hydroxylamine groups is 1. The largest absolute Gasteiger partial charge is 0.481 e. The Morgan fingerprint density at radius 2 is 2.00 bits per heavy atom. The Bertz CT molecular complexity index is 795. The highest BCUT2D eigenvalue weighted by molar-refractivity contribution is 7.89. The SMILES string of the molecule is CC#CCOc1ccc(S(=O)(=O)N(CCN2CCOCC2)CC(=O)NO)cc1. The third-order valence-electron chi connectivity index (χ3n) is 4.16. The van der Waals surface area contributed by atoms with Crippen LogP contribution in [-0.4, -0.2) is 81.3 Å². The molecule has 0 bridgehead atoms. The van der Waals surface area contributed by atoms with Gasteiger partial charge in [-0.1, -0.05) is 5.92 Å². The molecule has 1 amide bonds. The molecule has 0 atom stereocenters. The first-order chi connectivity index (χ1) is 13.5. The Morgan fingerprint density at radius 3 is 2.61 bits per heavy atom. The predicted octanol–water partition coefficient (Wildman–Crippen LogP) is -0.0830. The van der Waals surface area contributed by atoms with Gasteiger partial charge in [0.2, 0.25) is 10.0 Å². The monoisotopic (exact) mass is 411 g/mol. The van der Waals surface area contributed by atoms with Gasteiger partial charge in [0.05, 0.1) is 24.7 Å². The summed E-state index contributed by atoms with van der Waals surface area (Å²) in [6.07, 6.45) is 0. The lowest BCUT2D eigenvalue weighted by Gasteiger charge is -2.29. The van der Waals surface area contributed by atoms with Crippen LogP contribution in [0.1, 0.15) is 6.92 Å². The molecule has 2 rings (SSSR count). The van der Waals surface area contributed by atoms with Gasteiger partial charge in [0.15, 0.2) is 0 Å². The van der Waals surface area contributed by atoms with E-state index in [0.29, 0.717) is 38.6 Å². The summed E-state index contributed by atoms with van der Waals surface area (Å²) in [6.45, 7) is 4.59. The number of carbonyl (C=O) groups excluding carboxylic acids is 1. The van der Waals surface area contributed by atoms with E-state index in [0.717, 1.165) is 4.31 Å². The van der Waals surface area contributed by atoms with Crippen molar-refractivity contribution >= 4 is 15.9 Å². The lowest BCUT2D eigenvalue weighted by molar-refractivity contribution is -0.129. The van der Waals surface area contributed by atoms with Gasteiger partial charge in [-0.25, -0.2) is 13.9 Å². The zero-order valence-electron chi connectivity index (χ0n) is 15.8. The lowest BCUT2D eigenvalue weighted by atomic mass is 10.3. The van der Waals surface area contributed by atoms with Gasteiger partial charge in [-0.2, -0.15) is 4.31 Å². The number of amides is 1. The van der Waals surface area contributed by atoms with Crippen molar-refractivity contribution in [2.24, 2.45) is 0 Å². The molecule has 0 aromatic heterocycles. The molecule has 1 aromatic rings. The minimum absolute atomic E-state index is 0.0362. The third-order valence-corrected chi connectivity index (χ3v) is 6.02. The number of nitrogens with one attached hydrogen (secondary N) is 1. The average molecular weight is 411 g/mol. The average Bonchev–Trinajstić information content (AvgIpc) is 2.72. The normalized spacial score (nSPS) is 15.0. The number of carbonyl (C=O) groups is 1. The fourth-order valence-corrected chi connectivity index (χ4v) is 3.99. The van der Waals surface area contributed by atoms with Crippen LogP contribution in [0.3, 0.4) is 0 Å². The first-order valence-electron chi connectivity index (χ1n) is 8.83. The zero-order valence-corrected chi connectivity index (χ0v) is 16.6. The second-order valence-electron chi connectivity index (χ2n) is 6.01. The second kappa shape index (κ2) is 11.0. The van der Waals surface area contributed by atoms with Crippen molar-refractivity contribution in [2.75, 3.05) is 52.5 Å². The number of hydrogen-bond acceptors (Lipinski definition) is 7. The molecular formula is C18H25N3O6S. The fraction of sp³-hybridized carbons (Fsp3) is 0.500. The Labute approximate surface area is 165 Å². The smallest absolute Gasteiger partial charge is 0.258 e. The standard InChI is InChI=1S/C18H25N3O6S/c1-2-3-12-27-16-4-6-17(7-5-16)28(24,25)21(15-18(22)19-23)9-8-20-10-13-26-14-11-20/h4-7,23H,8-15H2,1H3,(H,19,22). The van der Waals surface area contributed by atoms with E-state index in [2.05, 4.69) is 16.7 Å². The van der Waals surface area contributed by atoms with Crippen LogP contribution in [-0.2, 0) is 19.6 Å². The summed E-state index contributed by atoms with van der Waals surface area (Å²) in [6, 6.07) is 5.91. The Balaban J connectivity index is 2.11. The minimum Gasteiger partial charge on any atom is -0.481 e. The summed E-state index contributed by atoms with van der Waals surface area (Å²) in [5.74, 6) is 5.15. The van der Waals surface area contributed by atoms with Gasteiger partial charge in [-0.05, 0) is 31.2 Å². The molecular weight excluding hydrogens is 386 g/mol. The van der Waals surface area contributed by atoms with Crippen molar-refractivity contribution in [1.82, 2.24) is 14.7 Å².